The minimum atomic E-state index is -1.76. The maximum atomic E-state index is 13.5. The van der Waals surface area contributed by atoms with E-state index in [1.807, 2.05) is 49.4 Å². The fourth-order valence-corrected chi connectivity index (χ4v) is 3.24. The summed E-state index contributed by atoms with van der Waals surface area (Å²) in [7, 11) is 1.59. The minimum absolute atomic E-state index is 0.152. The Bertz CT molecular complexity index is 910. The van der Waals surface area contributed by atoms with E-state index in [1.165, 1.54) is 0 Å². The van der Waals surface area contributed by atoms with Gasteiger partial charge in [-0.25, -0.2) is 4.79 Å². The van der Waals surface area contributed by atoms with Crippen molar-refractivity contribution in [3.63, 3.8) is 0 Å². The molecule has 2 rings (SSSR count). The normalized spacial score (nSPS) is 12.3. The van der Waals surface area contributed by atoms with Gasteiger partial charge in [-0.05, 0) is 56.2 Å². The van der Waals surface area contributed by atoms with Crippen molar-refractivity contribution in [3.8, 4) is 17.6 Å². The third-order valence-corrected chi connectivity index (χ3v) is 4.72. The average molecular weight is 408 g/mol. The third kappa shape index (κ3) is 4.83. The molecule has 0 aromatic heterocycles. The van der Waals surface area contributed by atoms with Gasteiger partial charge in [0.1, 0.15) is 5.75 Å². The standard InChI is InChI=1S/C25H29NO4/c1-6-26(21-13-15-22(29-5)16-14-21)25(23(27)19(3)4,24(28)30-7-2)18-17-20-11-9-8-10-12-20/h8-16,19H,6-7H2,1-5H3. The summed E-state index contributed by atoms with van der Waals surface area (Å²) in [5.74, 6) is 5.34. The van der Waals surface area contributed by atoms with E-state index >= 15 is 0 Å². The van der Waals surface area contributed by atoms with Crippen molar-refractivity contribution in [2.75, 3.05) is 25.2 Å². The maximum absolute atomic E-state index is 13.5. The molecule has 0 bridgehead atoms. The molecular weight excluding hydrogens is 378 g/mol. The van der Waals surface area contributed by atoms with Crippen molar-refractivity contribution in [2.45, 2.75) is 33.2 Å². The number of likely N-dealkylation sites (N-methyl/N-ethyl adjacent to an activating group) is 1. The van der Waals surface area contributed by atoms with Gasteiger partial charge in [0.25, 0.3) is 5.54 Å². The summed E-state index contributed by atoms with van der Waals surface area (Å²) < 4.78 is 10.6. The number of methoxy groups -OCH3 is 1. The second-order valence-corrected chi connectivity index (χ2v) is 7.01. The Morgan fingerprint density at radius 1 is 1.03 bits per heavy atom. The monoisotopic (exact) mass is 407 g/mol. The number of carbonyl (C=O) groups is 2. The van der Waals surface area contributed by atoms with Gasteiger partial charge in [-0.15, -0.1) is 0 Å². The summed E-state index contributed by atoms with van der Waals surface area (Å²) in [6, 6.07) is 16.5. The first-order chi connectivity index (χ1) is 14.4. The minimum Gasteiger partial charge on any atom is -0.497 e. The van der Waals surface area contributed by atoms with E-state index in [0.717, 1.165) is 0 Å². The van der Waals surface area contributed by atoms with E-state index in [4.69, 9.17) is 9.47 Å². The van der Waals surface area contributed by atoms with E-state index in [0.29, 0.717) is 23.5 Å². The molecule has 0 N–H and O–H groups in total. The van der Waals surface area contributed by atoms with Gasteiger partial charge in [0.15, 0.2) is 5.78 Å². The lowest BCUT2D eigenvalue weighted by Crippen LogP contribution is -2.61. The smallest absolute Gasteiger partial charge is 0.352 e. The van der Waals surface area contributed by atoms with Crippen LogP contribution in [0.25, 0.3) is 0 Å². The molecule has 0 radical (unpaired) electrons. The van der Waals surface area contributed by atoms with Gasteiger partial charge in [0.2, 0.25) is 0 Å². The van der Waals surface area contributed by atoms with Gasteiger partial charge in [-0.3, -0.25) is 4.79 Å². The number of rotatable bonds is 8. The molecule has 0 fully saturated rings. The van der Waals surface area contributed by atoms with Crippen molar-refractivity contribution in [1.82, 2.24) is 0 Å². The summed E-state index contributed by atoms with van der Waals surface area (Å²) in [4.78, 5) is 28.6. The van der Waals surface area contributed by atoms with Gasteiger partial charge < -0.3 is 14.4 Å². The van der Waals surface area contributed by atoms with Crippen LogP contribution in [0.1, 0.15) is 33.3 Å². The zero-order chi connectivity index (χ0) is 22.1. The van der Waals surface area contributed by atoms with Crippen LogP contribution < -0.4 is 9.64 Å². The van der Waals surface area contributed by atoms with Crippen LogP contribution in [0, 0.1) is 17.8 Å². The highest BCUT2D eigenvalue weighted by Gasteiger charge is 2.51. The number of hydrogen-bond acceptors (Lipinski definition) is 5. The number of esters is 1. The Balaban J connectivity index is 2.73. The summed E-state index contributed by atoms with van der Waals surface area (Å²) in [5, 5.41) is 0. The highest BCUT2D eigenvalue weighted by Crippen LogP contribution is 2.30. The largest absolute Gasteiger partial charge is 0.497 e. The number of ketones is 1. The highest BCUT2D eigenvalue weighted by atomic mass is 16.5. The zero-order valence-corrected chi connectivity index (χ0v) is 18.3. The molecule has 0 aliphatic carbocycles. The Morgan fingerprint density at radius 2 is 1.67 bits per heavy atom. The predicted molar refractivity (Wildman–Crippen MR) is 119 cm³/mol. The van der Waals surface area contributed by atoms with Crippen LogP contribution in [-0.2, 0) is 14.3 Å². The number of ether oxygens (including phenoxy) is 2. The fourth-order valence-electron chi connectivity index (χ4n) is 3.24. The highest BCUT2D eigenvalue weighted by molar-refractivity contribution is 6.16. The molecule has 5 nitrogen and oxygen atoms in total. The van der Waals surface area contributed by atoms with Crippen molar-refractivity contribution in [3.05, 3.63) is 60.2 Å². The molecule has 0 aliphatic rings. The molecule has 5 heteroatoms. The average Bonchev–Trinajstić information content (AvgIpc) is 2.77. The lowest BCUT2D eigenvalue weighted by molar-refractivity contribution is -0.151. The number of Topliss-reactive ketones (excluding diaryl/α,β-unsaturated/α-hetero) is 1. The summed E-state index contributed by atoms with van der Waals surface area (Å²) in [6.07, 6.45) is 0. The number of carbonyl (C=O) groups excluding carboxylic acids is 2. The molecule has 158 valence electrons. The Morgan fingerprint density at radius 3 is 2.17 bits per heavy atom. The fraction of sp³-hybridized carbons (Fsp3) is 0.360. The molecule has 0 heterocycles. The van der Waals surface area contributed by atoms with Crippen LogP contribution in [-0.4, -0.2) is 37.6 Å². The number of anilines is 1. The molecule has 30 heavy (non-hydrogen) atoms. The topological polar surface area (TPSA) is 55.8 Å². The quantitative estimate of drug-likeness (QED) is 0.375. The van der Waals surface area contributed by atoms with Crippen LogP contribution in [0.4, 0.5) is 5.69 Å². The second-order valence-electron chi connectivity index (χ2n) is 7.01. The van der Waals surface area contributed by atoms with Crippen LogP contribution in [0.15, 0.2) is 54.6 Å². The first kappa shape index (κ1) is 23.0. The number of hydrogen-bond donors (Lipinski definition) is 0. The van der Waals surface area contributed by atoms with E-state index in [1.54, 1.807) is 44.9 Å². The first-order valence-electron chi connectivity index (χ1n) is 10.1. The first-order valence-corrected chi connectivity index (χ1v) is 10.1. The Labute approximate surface area is 179 Å². The molecule has 2 aromatic carbocycles. The second kappa shape index (κ2) is 10.5. The predicted octanol–water partition coefficient (Wildman–Crippen LogP) is 4.10. The van der Waals surface area contributed by atoms with Crippen molar-refractivity contribution >= 4 is 17.4 Å². The van der Waals surface area contributed by atoms with Crippen molar-refractivity contribution in [2.24, 2.45) is 5.92 Å². The summed E-state index contributed by atoms with van der Waals surface area (Å²) in [6.45, 7) is 7.67. The van der Waals surface area contributed by atoms with Crippen LogP contribution in [0.2, 0.25) is 0 Å². The summed E-state index contributed by atoms with van der Waals surface area (Å²) in [5.41, 5.74) is -0.361. The lowest BCUT2D eigenvalue weighted by atomic mass is 9.84. The lowest BCUT2D eigenvalue weighted by Gasteiger charge is -2.39. The van der Waals surface area contributed by atoms with Gasteiger partial charge >= 0.3 is 5.97 Å². The number of nitrogens with zero attached hydrogens (tertiary/aromatic N) is 1. The molecule has 0 saturated heterocycles. The SMILES string of the molecule is CCOC(=O)C(C#Cc1ccccc1)(C(=O)C(C)C)N(CC)c1ccc(OC)cc1. The van der Waals surface area contributed by atoms with Crippen molar-refractivity contribution in [1.29, 1.82) is 0 Å². The van der Waals surface area contributed by atoms with Crippen LogP contribution in [0.3, 0.4) is 0 Å². The van der Waals surface area contributed by atoms with Gasteiger partial charge in [-0.2, -0.15) is 0 Å². The van der Waals surface area contributed by atoms with Gasteiger partial charge in [0.05, 0.1) is 13.7 Å². The molecule has 0 amide bonds. The molecular formula is C25H29NO4. The van der Waals surface area contributed by atoms with Crippen LogP contribution in [0.5, 0.6) is 5.75 Å². The number of benzene rings is 2. The van der Waals surface area contributed by atoms with Gasteiger partial charge in [0, 0.05) is 23.7 Å². The summed E-state index contributed by atoms with van der Waals surface area (Å²) >= 11 is 0. The van der Waals surface area contributed by atoms with Gasteiger partial charge in [-0.1, -0.05) is 38.0 Å². The zero-order valence-electron chi connectivity index (χ0n) is 18.3. The molecule has 1 atom stereocenters. The molecule has 0 spiro atoms. The maximum Gasteiger partial charge on any atom is 0.352 e. The van der Waals surface area contributed by atoms with E-state index in [-0.39, 0.29) is 12.4 Å². The Kier molecular flexibility index (Phi) is 8.06. The van der Waals surface area contributed by atoms with E-state index in [2.05, 4.69) is 11.8 Å². The van der Waals surface area contributed by atoms with E-state index < -0.39 is 17.4 Å². The molecule has 2 aromatic rings. The third-order valence-electron chi connectivity index (χ3n) is 4.72. The molecule has 0 saturated carbocycles. The van der Waals surface area contributed by atoms with Crippen LogP contribution >= 0.6 is 0 Å². The molecule has 1 unspecified atom stereocenters. The Hall–Kier alpha value is -3.26. The van der Waals surface area contributed by atoms with Crippen molar-refractivity contribution < 1.29 is 19.1 Å². The molecule has 0 aliphatic heterocycles. The van der Waals surface area contributed by atoms with E-state index in [9.17, 15) is 9.59 Å².